The molecule has 11 aromatic carbocycles. The van der Waals surface area contributed by atoms with Gasteiger partial charge in [-0.3, -0.25) is 0 Å². The van der Waals surface area contributed by atoms with Crippen LogP contribution in [0.3, 0.4) is 0 Å². The number of rotatable bonds is 8. The molecule has 0 unspecified atom stereocenters. The molecule has 0 spiro atoms. The van der Waals surface area contributed by atoms with E-state index in [9.17, 15) is 0 Å². The fourth-order valence-electron chi connectivity index (χ4n) is 11.5. The van der Waals surface area contributed by atoms with Crippen molar-refractivity contribution in [1.82, 2.24) is 0 Å². The van der Waals surface area contributed by atoms with E-state index < -0.39 is 5.41 Å². The number of nitrogens with zero attached hydrogens (tertiary/aromatic N) is 1. The van der Waals surface area contributed by atoms with Gasteiger partial charge in [0.2, 0.25) is 0 Å². The van der Waals surface area contributed by atoms with Gasteiger partial charge < -0.3 is 9.32 Å². The van der Waals surface area contributed by atoms with Crippen molar-refractivity contribution < 1.29 is 4.42 Å². The summed E-state index contributed by atoms with van der Waals surface area (Å²) >= 11 is 0. The third-order valence-electron chi connectivity index (χ3n) is 14.9. The molecule has 0 fully saturated rings. The lowest BCUT2D eigenvalue weighted by Crippen LogP contribution is -2.28. The Kier molecular flexibility index (Phi) is 10.0. The van der Waals surface area contributed by atoms with Crippen LogP contribution in [-0.4, -0.2) is 0 Å². The van der Waals surface area contributed by atoms with Crippen LogP contribution in [0.25, 0.3) is 77.2 Å². The quantitative estimate of drug-likeness (QED) is 0.151. The molecule has 0 N–H and O–H groups in total. The zero-order valence-corrected chi connectivity index (χ0v) is 40.1. The monoisotopic (exact) mass is 909 g/mol. The van der Waals surface area contributed by atoms with Crippen molar-refractivity contribution in [3.63, 3.8) is 0 Å². The smallest absolute Gasteiger partial charge is 0.143 e. The average Bonchev–Trinajstić information content (AvgIpc) is 3.96. The van der Waals surface area contributed by atoms with Gasteiger partial charge in [-0.25, -0.2) is 0 Å². The van der Waals surface area contributed by atoms with Crippen LogP contribution < -0.4 is 4.90 Å². The molecule has 2 nitrogen and oxygen atoms in total. The first-order valence-corrected chi connectivity index (χ1v) is 24.7. The standard InChI is InChI=1S/C69H51NO/c1-68(2,3)51-38-33-48(34-39-51)46-29-31-47(32-30-46)49-35-40-54(41-36-49)70(64-44-37-50-17-10-11-22-56(50)66(64)60-26-16-25-59-58-24-13-15-28-65(58)71-67(59)60)55-42-43-63-61(45-55)57-23-12-14-27-62(57)69(63,52-18-6-4-7-19-52)53-20-8-5-9-21-53/h4-45H,1-3H3. The van der Waals surface area contributed by atoms with E-state index in [0.717, 1.165) is 61.1 Å². The maximum Gasteiger partial charge on any atom is 0.143 e. The second kappa shape index (κ2) is 16.8. The minimum Gasteiger partial charge on any atom is -0.455 e. The molecule has 0 saturated heterocycles. The van der Waals surface area contributed by atoms with E-state index in [2.05, 4.69) is 280 Å². The normalized spacial score (nSPS) is 12.8. The van der Waals surface area contributed by atoms with Crippen LogP contribution >= 0.6 is 0 Å². The van der Waals surface area contributed by atoms with Gasteiger partial charge in [-0.15, -0.1) is 0 Å². The van der Waals surface area contributed by atoms with Crippen LogP contribution in [0.1, 0.15) is 48.6 Å². The molecule has 0 radical (unpaired) electrons. The van der Waals surface area contributed by atoms with Gasteiger partial charge in [0, 0.05) is 33.3 Å². The Morgan fingerprint density at radius 3 is 1.58 bits per heavy atom. The maximum atomic E-state index is 6.84. The molecular weight excluding hydrogens is 859 g/mol. The molecule has 1 heterocycles. The minimum absolute atomic E-state index is 0.116. The number of para-hydroxylation sites is 2. The highest BCUT2D eigenvalue weighted by Gasteiger charge is 2.46. The molecule has 1 aliphatic carbocycles. The van der Waals surface area contributed by atoms with Crippen molar-refractivity contribution in [1.29, 1.82) is 0 Å². The first kappa shape index (κ1) is 42.4. The van der Waals surface area contributed by atoms with E-state index in [4.69, 9.17) is 4.42 Å². The Hall–Kier alpha value is -8.72. The van der Waals surface area contributed by atoms with Crippen molar-refractivity contribution in [3.8, 4) is 44.5 Å². The first-order valence-electron chi connectivity index (χ1n) is 24.7. The second-order valence-corrected chi connectivity index (χ2v) is 20.0. The van der Waals surface area contributed by atoms with E-state index >= 15 is 0 Å². The largest absolute Gasteiger partial charge is 0.455 e. The van der Waals surface area contributed by atoms with Gasteiger partial charge in [0.05, 0.1) is 11.1 Å². The van der Waals surface area contributed by atoms with Crippen LogP contribution in [0.4, 0.5) is 17.1 Å². The van der Waals surface area contributed by atoms with E-state index in [1.54, 1.807) is 0 Å². The summed E-state index contributed by atoms with van der Waals surface area (Å²) in [6.07, 6.45) is 0. The molecule has 0 bridgehead atoms. The molecule has 12 aromatic rings. The Morgan fingerprint density at radius 2 is 0.901 bits per heavy atom. The van der Waals surface area contributed by atoms with E-state index in [1.165, 1.54) is 61.0 Å². The zero-order valence-electron chi connectivity index (χ0n) is 40.1. The highest BCUT2D eigenvalue weighted by atomic mass is 16.3. The molecule has 1 aromatic heterocycles. The molecule has 2 heteroatoms. The summed E-state index contributed by atoms with van der Waals surface area (Å²) in [7, 11) is 0. The summed E-state index contributed by atoms with van der Waals surface area (Å²) in [5, 5.41) is 4.55. The molecule has 0 atom stereocenters. The lowest BCUT2D eigenvalue weighted by atomic mass is 9.68. The minimum atomic E-state index is -0.504. The third kappa shape index (κ3) is 6.93. The summed E-state index contributed by atoms with van der Waals surface area (Å²) in [6, 6.07) is 93.7. The topological polar surface area (TPSA) is 16.4 Å². The van der Waals surface area contributed by atoms with E-state index in [-0.39, 0.29) is 5.41 Å². The summed E-state index contributed by atoms with van der Waals surface area (Å²) in [4.78, 5) is 2.46. The van der Waals surface area contributed by atoms with Crippen LogP contribution in [0.2, 0.25) is 0 Å². The van der Waals surface area contributed by atoms with Gasteiger partial charge in [0.15, 0.2) is 0 Å². The van der Waals surface area contributed by atoms with Crippen molar-refractivity contribution in [2.75, 3.05) is 4.90 Å². The third-order valence-corrected chi connectivity index (χ3v) is 14.9. The number of anilines is 3. The average molecular weight is 910 g/mol. The predicted molar refractivity (Wildman–Crippen MR) is 298 cm³/mol. The lowest BCUT2D eigenvalue weighted by molar-refractivity contribution is 0.590. The fraction of sp³-hybridized carbons (Fsp3) is 0.0725. The molecule has 13 rings (SSSR count). The van der Waals surface area contributed by atoms with E-state index in [0.29, 0.717) is 0 Å². The zero-order chi connectivity index (χ0) is 47.7. The molecule has 71 heavy (non-hydrogen) atoms. The fourth-order valence-corrected chi connectivity index (χ4v) is 11.5. The van der Waals surface area contributed by atoms with Crippen molar-refractivity contribution >= 4 is 49.8 Å². The molecule has 0 saturated carbocycles. The lowest BCUT2D eigenvalue weighted by Gasteiger charge is -2.34. The SMILES string of the molecule is CC(C)(C)c1ccc(-c2ccc(-c3ccc(N(c4ccc5c(c4)-c4ccccc4C5(c4ccccc4)c4ccccc4)c4ccc5ccccc5c4-c4cccc5c4oc4ccccc45)cc3)cc2)cc1. The number of benzene rings is 11. The summed E-state index contributed by atoms with van der Waals surface area (Å²) in [6.45, 7) is 6.79. The molecule has 0 amide bonds. The van der Waals surface area contributed by atoms with E-state index in [1.807, 2.05) is 0 Å². The second-order valence-electron chi connectivity index (χ2n) is 20.0. The van der Waals surface area contributed by atoms with Crippen LogP contribution in [0, 0.1) is 0 Å². The van der Waals surface area contributed by atoms with Gasteiger partial charge in [-0.1, -0.05) is 239 Å². The van der Waals surface area contributed by atoms with Gasteiger partial charge in [0.25, 0.3) is 0 Å². The van der Waals surface area contributed by atoms with Crippen molar-refractivity contribution in [3.05, 3.63) is 283 Å². The van der Waals surface area contributed by atoms with Gasteiger partial charge >= 0.3 is 0 Å². The maximum absolute atomic E-state index is 6.84. The highest BCUT2D eigenvalue weighted by molar-refractivity contribution is 6.15. The Bertz CT molecular complexity index is 3890. The number of hydrogen-bond donors (Lipinski definition) is 0. The Balaban J connectivity index is 1.01. The number of fused-ring (bicyclic) bond motifs is 7. The molecule has 0 aliphatic heterocycles. The summed E-state index contributed by atoms with van der Waals surface area (Å²) in [5.41, 5.74) is 20.4. The predicted octanol–water partition coefficient (Wildman–Crippen LogP) is 18.9. The first-order chi connectivity index (χ1) is 34.8. The molecule has 338 valence electrons. The van der Waals surface area contributed by atoms with Gasteiger partial charge in [-0.2, -0.15) is 0 Å². The van der Waals surface area contributed by atoms with Gasteiger partial charge in [0.1, 0.15) is 11.2 Å². The van der Waals surface area contributed by atoms with Crippen molar-refractivity contribution in [2.24, 2.45) is 0 Å². The van der Waals surface area contributed by atoms with Crippen LogP contribution in [0.15, 0.2) is 259 Å². The van der Waals surface area contributed by atoms with Crippen LogP contribution in [-0.2, 0) is 10.8 Å². The van der Waals surface area contributed by atoms with Crippen LogP contribution in [0.5, 0.6) is 0 Å². The Morgan fingerprint density at radius 1 is 0.380 bits per heavy atom. The number of hydrogen-bond acceptors (Lipinski definition) is 2. The van der Waals surface area contributed by atoms with Gasteiger partial charge in [-0.05, 0) is 114 Å². The Labute approximate surface area is 415 Å². The molecule has 1 aliphatic rings. The highest BCUT2D eigenvalue weighted by Crippen LogP contribution is 2.58. The molecular formula is C69H51NO. The summed E-state index contributed by atoms with van der Waals surface area (Å²) in [5.74, 6) is 0. The van der Waals surface area contributed by atoms with Crippen molar-refractivity contribution in [2.45, 2.75) is 31.6 Å². The summed E-state index contributed by atoms with van der Waals surface area (Å²) < 4.78 is 6.84. The number of furan rings is 1.